The van der Waals surface area contributed by atoms with Crippen LogP contribution in [0.4, 0.5) is 0 Å². The van der Waals surface area contributed by atoms with Crippen LogP contribution in [0.2, 0.25) is 0 Å². The van der Waals surface area contributed by atoms with Crippen molar-refractivity contribution in [3.05, 3.63) is 35.4 Å². The van der Waals surface area contributed by atoms with Crippen LogP contribution in [0.25, 0.3) is 0 Å². The molecule has 0 radical (unpaired) electrons. The number of nitrogens with zero attached hydrogens (tertiary/aromatic N) is 3. The fourth-order valence-corrected chi connectivity index (χ4v) is 4.47. The molecule has 0 bridgehead atoms. The first-order valence-electron chi connectivity index (χ1n) is 11.1. The zero-order valence-electron chi connectivity index (χ0n) is 18.0. The molecule has 5 heteroatoms. The molecule has 0 aromatic heterocycles. The molecular formula is C23H38N4O. The highest BCUT2D eigenvalue weighted by molar-refractivity contribution is 5.80. The van der Waals surface area contributed by atoms with Crippen LogP contribution < -0.4 is 5.32 Å². The van der Waals surface area contributed by atoms with Crippen LogP contribution in [0.5, 0.6) is 0 Å². The van der Waals surface area contributed by atoms with Gasteiger partial charge in [-0.25, -0.2) is 0 Å². The van der Waals surface area contributed by atoms with E-state index >= 15 is 0 Å². The molecule has 2 saturated heterocycles. The first-order valence-corrected chi connectivity index (χ1v) is 11.1. The number of ether oxygens (including phenoxy) is 1. The van der Waals surface area contributed by atoms with E-state index in [1.165, 1.54) is 36.9 Å². The molecule has 3 rings (SSSR count). The number of guanidine groups is 1. The predicted octanol–water partition coefficient (Wildman–Crippen LogP) is 3.64. The summed E-state index contributed by atoms with van der Waals surface area (Å²) in [6, 6.07) is 9.55. The highest BCUT2D eigenvalue weighted by atomic mass is 16.5. The van der Waals surface area contributed by atoms with Gasteiger partial charge in [-0.2, -0.15) is 0 Å². The van der Waals surface area contributed by atoms with Crippen molar-refractivity contribution in [1.29, 1.82) is 0 Å². The summed E-state index contributed by atoms with van der Waals surface area (Å²) < 4.78 is 5.78. The van der Waals surface area contributed by atoms with Crippen molar-refractivity contribution in [2.24, 2.45) is 4.99 Å². The van der Waals surface area contributed by atoms with Gasteiger partial charge in [0.25, 0.3) is 0 Å². The second-order valence-electron chi connectivity index (χ2n) is 8.13. The van der Waals surface area contributed by atoms with Gasteiger partial charge in [0.2, 0.25) is 0 Å². The Labute approximate surface area is 171 Å². The molecule has 0 amide bonds. The maximum atomic E-state index is 5.78. The largest absolute Gasteiger partial charge is 0.378 e. The Morgan fingerprint density at radius 3 is 2.54 bits per heavy atom. The van der Waals surface area contributed by atoms with E-state index in [1.54, 1.807) is 0 Å². The highest BCUT2D eigenvalue weighted by Crippen LogP contribution is 2.21. The van der Waals surface area contributed by atoms with E-state index in [4.69, 9.17) is 4.74 Å². The molecule has 0 spiro atoms. The minimum atomic E-state index is 0.409. The third kappa shape index (κ3) is 5.71. The van der Waals surface area contributed by atoms with Crippen LogP contribution in [0.15, 0.2) is 29.3 Å². The predicted molar refractivity (Wildman–Crippen MR) is 117 cm³/mol. The maximum absolute atomic E-state index is 5.78. The van der Waals surface area contributed by atoms with Gasteiger partial charge in [-0.1, -0.05) is 30.7 Å². The normalized spacial score (nSPS) is 22.5. The number of aliphatic imine (C=N–C) groups is 1. The van der Waals surface area contributed by atoms with Gasteiger partial charge in [-0.15, -0.1) is 0 Å². The SMILES string of the molecule is CCOC1CCN(C(=NC)NCc2ccccc2CN2CCCCC2C)CC1. The molecule has 156 valence electrons. The van der Waals surface area contributed by atoms with Crippen molar-refractivity contribution in [2.45, 2.75) is 71.2 Å². The second kappa shape index (κ2) is 10.8. The van der Waals surface area contributed by atoms with Crippen LogP contribution in [0, 0.1) is 0 Å². The van der Waals surface area contributed by atoms with E-state index in [2.05, 4.69) is 58.2 Å². The summed E-state index contributed by atoms with van der Waals surface area (Å²) in [5, 5.41) is 3.61. The van der Waals surface area contributed by atoms with Crippen molar-refractivity contribution in [3.8, 4) is 0 Å². The van der Waals surface area contributed by atoms with Gasteiger partial charge < -0.3 is 15.0 Å². The highest BCUT2D eigenvalue weighted by Gasteiger charge is 2.22. The van der Waals surface area contributed by atoms with E-state index < -0.39 is 0 Å². The summed E-state index contributed by atoms with van der Waals surface area (Å²) in [6.45, 7) is 10.4. The van der Waals surface area contributed by atoms with Gasteiger partial charge in [0.1, 0.15) is 0 Å². The number of nitrogens with one attached hydrogen (secondary N) is 1. The summed E-state index contributed by atoms with van der Waals surface area (Å²) in [5.74, 6) is 1.01. The zero-order chi connectivity index (χ0) is 19.8. The molecule has 1 aromatic rings. The van der Waals surface area contributed by atoms with Crippen molar-refractivity contribution < 1.29 is 4.74 Å². The Morgan fingerprint density at radius 1 is 1.11 bits per heavy atom. The molecular weight excluding hydrogens is 348 g/mol. The number of hydrogen-bond acceptors (Lipinski definition) is 3. The Hall–Kier alpha value is -1.59. The average molecular weight is 387 g/mol. The summed E-state index contributed by atoms with van der Waals surface area (Å²) >= 11 is 0. The second-order valence-corrected chi connectivity index (χ2v) is 8.13. The Kier molecular flexibility index (Phi) is 8.16. The number of hydrogen-bond donors (Lipinski definition) is 1. The summed E-state index contributed by atoms with van der Waals surface area (Å²) in [7, 11) is 1.89. The summed E-state index contributed by atoms with van der Waals surface area (Å²) in [5.41, 5.74) is 2.82. The number of benzene rings is 1. The minimum Gasteiger partial charge on any atom is -0.378 e. The fraction of sp³-hybridized carbons (Fsp3) is 0.696. The van der Waals surface area contributed by atoms with Crippen molar-refractivity contribution >= 4 is 5.96 Å². The van der Waals surface area contributed by atoms with Crippen LogP contribution in [-0.4, -0.2) is 61.2 Å². The molecule has 2 heterocycles. The van der Waals surface area contributed by atoms with Gasteiger partial charge in [0.05, 0.1) is 6.10 Å². The molecule has 1 N–H and O–H groups in total. The third-order valence-electron chi connectivity index (χ3n) is 6.23. The topological polar surface area (TPSA) is 40.1 Å². The lowest BCUT2D eigenvalue weighted by Gasteiger charge is -2.35. The number of likely N-dealkylation sites (tertiary alicyclic amines) is 2. The number of rotatable bonds is 6. The first-order chi connectivity index (χ1) is 13.7. The van der Waals surface area contributed by atoms with E-state index in [0.717, 1.165) is 51.6 Å². The lowest BCUT2D eigenvalue weighted by atomic mass is 10.0. The average Bonchev–Trinajstić information content (AvgIpc) is 2.72. The van der Waals surface area contributed by atoms with Gasteiger partial charge in [-0.3, -0.25) is 9.89 Å². The van der Waals surface area contributed by atoms with Gasteiger partial charge in [-0.05, 0) is 57.2 Å². The van der Waals surface area contributed by atoms with E-state index in [-0.39, 0.29) is 0 Å². The monoisotopic (exact) mass is 386 g/mol. The molecule has 0 aliphatic carbocycles. The standard InChI is InChI=1S/C23H38N4O/c1-4-28-22-12-15-26(16-13-22)23(24-3)25-17-20-10-5-6-11-21(20)18-27-14-8-7-9-19(27)2/h5-6,10-11,19,22H,4,7-9,12-18H2,1-3H3,(H,24,25). The first kappa shape index (κ1) is 21.1. The smallest absolute Gasteiger partial charge is 0.193 e. The van der Waals surface area contributed by atoms with E-state index in [0.29, 0.717) is 12.1 Å². The Balaban J connectivity index is 1.56. The fourth-order valence-electron chi connectivity index (χ4n) is 4.47. The van der Waals surface area contributed by atoms with Gasteiger partial charge in [0.15, 0.2) is 5.96 Å². The molecule has 1 unspecified atom stereocenters. The van der Waals surface area contributed by atoms with Crippen LogP contribution >= 0.6 is 0 Å². The molecule has 5 nitrogen and oxygen atoms in total. The molecule has 1 atom stereocenters. The Bertz CT molecular complexity index is 625. The molecule has 28 heavy (non-hydrogen) atoms. The van der Waals surface area contributed by atoms with E-state index in [1.807, 2.05) is 7.05 Å². The molecule has 2 fully saturated rings. The van der Waals surface area contributed by atoms with Crippen molar-refractivity contribution in [1.82, 2.24) is 15.1 Å². The van der Waals surface area contributed by atoms with Crippen LogP contribution in [0.3, 0.4) is 0 Å². The van der Waals surface area contributed by atoms with Crippen molar-refractivity contribution in [2.75, 3.05) is 33.3 Å². The molecule has 2 aliphatic heterocycles. The molecule has 2 aliphatic rings. The lowest BCUT2D eigenvalue weighted by molar-refractivity contribution is 0.0263. The third-order valence-corrected chi connectivity index (χ3v) is 6.23. The van der Waals surface area contributed by atoms with E-state index in [9.17, 15) is 0 Å². The van der Waals surface area contributed by atoms with Gasteiger partial charge >= 0.3 is 0 Å². The van der Waals surface area contributed by atoms with Crippen molar-refractivity contribution in [3.63, 3.8) is 0 Å². The quantitative estimate of drug-likeness (QED) is 0.599. The number of piperidine rings is 2. The summed E-state index contributed by atoms with van der Waals surface area (Å²) in [4.78, 5) is 9.54. The summed E-state index contributed by atoms with van der Waals surface area (Å²) in [6.07, 6.45) is 6.60. The molecule has 1 aromatic carbocycles. The minimum absolute atomic E-state index is 0.409. The van der Waals surface area contributed by atoms with Crippen LogP contribution in [0.1, 0.15) is 57.1 Å². The molecule has 0 saturated carbocycles. The zero-order valence-corrected chi connectivity index (χ0v) is 18.0. The van der Waals surface area contributed by atoms with Crippen LogP contribution in [-0.2, 0) is 17.8 Å². The Morgan fingerprint density at radius 2 is 1.86 bits per heavy atom. The van der Waals surface area contributed by atoms with Gasteiger partial charge in [0, 0.05) is 45.9 Å². The lowest BCUT2D eigenvalue weighted by Crippen LogP contribution is -2.46. The maximum Gasteiger partial charge on any atom is 0.193 e.